The van der Waals surface area contributed by atoms with Gasteiger partial charge in [-0.1, -0.05) is 20.8 Å². The molecule has 0 aliphatic carbocycles. The smallest absolute Gasteiger partial charge is 0.165 e. The number of nitrogens with one attached hydrogen (secondary N) is 1. The Hall–Kier alpha value is -1.18. The van der Waals surface area contributed by atoms with E-state index >= 15 is 0 Å². The maximum Gasteiger partial charge on any atom is 0.165 e. The Bertz CT molecular complexity index is 606. The zero-order chi connectivity index (χ0) is 15.4. The first-order valence-corrected chi connectivity index (χ1v) is 8.48. The Balaban J connectivity index is 2.47. The third-order valence-corrected chi connectivity index (χ3v) is 4.25. The maximum atomic E-state index is 4.75. The number of anilines is 1. The van der Waals surface area contributed by atoms with Gasteiger partial charge >= 0.3 is 0 Å². The predicted molar refractivity (Wildman–Crippen MR) is 94.5 cm³/mol. The summed E-state index contributed by atoms with van der Waals surface area (Å²) in [5.74, 6) is 2.04. The second kappa shape index (κ2) is 7.20. The van der Waals surface area contributed by atoms with E-state index in [0.717, 1.165) is 46.0 Å². The highest BCUT2D eigenvalue weighted by Crippen LogP contribution is 2.28. The van der Waals surface area contributed by atoms with Crippen LogP contribution in [0.4, 0.5) is 5.82 Å². The lowest BCUT2D eigenvalue weighted by Crippen LogP contribution is -2.10. The van der Waals surface area contributed by atoms with Crippen molar-refractivity contribution in [3.05, 3.63) is 21.7 Å². The van der Waals surface area contributed by atoms with E-state index in [1.54, 1.807) is 0 Å². The topological polar surface area (TPSA) is 55.6 Å². The molecule has 2 aromatic rings. The normalized spacial score (nSPS) is 11.1. The molecule has 0 saturated heterocycles. The lowest BCUT2D eigenvalue weighted by molar-refractivity contribution is 0.660. The Labute approximate surface area is 139 Å². The fraction of sp³-hybridized carbons (Fsp3) is 0.533. The van der Waals surface area contributed by atoms with Crippen molar-refractivity contribution in [1.82, 2.24) is 19.7 Å². The quantitative estimate of drug-likeness (QED) is 0.749. The minimum atomic E-state index is 0.363. The number of rotatable bonds is 6. The van der Waals surface area contributed by atoms with E-state index in [1.165, 1.54) is 0 Å². The molecule has 6 heteroatoms. The number of aromatic nitrogens is 4. The van der Waals surface area contributed by atoms with Gasteiger partial charge < -0.3 is 5.32 Å². The van der Waals surface area contributed by atoms with E-state index in [4.69, 9.17) is 4.98 Å². The molecule has 1 N–H and O–H groups in total. The van der Waals surface area contributed by atoms with Crippen LogP contribution >= 0.6 is 22.6 Å². The summed E-state index contributed by atoms with van der Waals surface area (Å²) in [5.41, 5.74) is 2.05. The van der Waals surface area contributed by atoms with Gasteiger partial charge in [-0.05, 0) is 41.9 Å². The van der Waals surface area contributed by atoms with Gasteiger partial charge in [-0.15, -0.1) is 0 Å². The van der Waals surface area contributed by atoms with Gasteiger partial charge in [0.1, 0.15) is 5.82 Å². The first kappa shape index (κ1) is 16.2. The number of halogens is 1. The molecular weight excluding hydrogens is 377 g/mol. The fourth-order valence-electron chi connectivity index (χ4n) is 1.99. The number of aryl methyl sites for hydroxylation is 1. The standard InChI is InChI=1S/C15H22IN5/c1-5-7-17-15-12(16)13(10(3)4)19-14(20-15)11-8-18-21(6-2)9-11/h8-10H,5-7H2,1-4H3,(H,17,19,20). The second-order valence-electron chi connectivity index (χ2n) is 5.26. The van der Waals surface area contributed by atoms with Crippen LogP contribution in [0.3, 0.4) is 0 Å². The largest absolute Gasteiger partial charge is 0.369 e. The van der Waals surface area contributed by atoms with Crippen molar-refractivity contribution in [2.45, 2.75) is 46.6 Å². The Kier molecular flexibility index (Phi) is 5.55. The van der Waals surface area contributed by atoms with Crippen LogP contribution in [0.15, 0.2) is 12.4 Å². The van der Waals surface area contributed by atoms with Gasteiger partial charge in [0.2, 0.25) is 0 Å². The number of hydrogen-bond donors (Lipinski definition) is 1. The van der Waals surface area contributed by atoms with Crippen molar-refractivity contribution in [3.8, 4) is 11.4 Å². The molecule has 0 fully saturated rings. The molecule has 21 heavy (non-hydrogen) atoms. The van der Waals surface area contributed by atoms with E-state index in [1.807, 2.05) is 17.1 Å². The van der Waals surface area contributed by atoms with Gasteiger partial charge in [0, 0.05) is 19.3 Å². The van der Waals surface area contributed by atoms with Gasteiger partial charge in [-0.3, -0.25) is 4.68 Å². The molecule has 2 heterocycles. The first-order valence-electron chi connectivity index (χ1n) is 7.40. The molecule has 0 aliphatic rings. The molecule has 2 aromatic heterocycles. The second-order valence-corrected chi connectivity index (χ2v) is 6.34. The Morgan fingerprint density at radius 3 is 2.62 bits per heavy atom. The summed E-state index contributed by atoms with van der Waals surface area (Å²) in [7, 11) is 0. The van der Waals surface area contributed by atoms with Crippen LogP contribution < -0.4 is 5.32 Å². The molecule has 5 nitrogen and oxygen atoms in total. The van der Waals surface area contributed by atoms with Crippen LogP contribution in [0.1, 0.15) is 45.7 Å². The van der Waals surface area contributed by atoms with Crippen molar-refractivity contribution < 1.29 is 0 Å². The molecule has 0 unspecified atom stereocenters. The first-order chi connectivity index (χ1) is 10.1. The van der Waals surface area contributed by atoms with Crippen LogP contribution in [-0.4, -0.2) is 26.3 Å². The molecule has 0 spiro atoms. The summed E-state index contributed by atoms with van der Waals surface area (Å²) < 4.78 is 3.01. The minimum absolute atomic E-state index is 0.363. The van der Waals surface area contributed by atoms with E-state index in [0.29, 0.717) is 5.92 Å². The van der Waals surface area contributed by atoms with Crippen molar-refractivity contribution in [2.75, 3.05) is 11.9 Å². The van der Waals surface area contributed by atoms with E-state index in [2.05, 4.69) is 65.7 Å². The third-order valence-electron chi connectivity index (χ3n) is 3.18. The molecule has 114 valence electrons. The van der Waals surface area contributed by atoms with Crippen LogP contribution in [0.5, 0.6) is 0 Å². The van der Waals surface area contributed by atoms with Crippen LogP contribution in [0.25, 0.3) is 11.4 Å². The summed E-state index contributed by atoms with van der Waals surface area (Å²) >= 11 is 2.34. The average Bonchev–Trinajstić information content (AvgIpc) is 2.94. The zero-order valence-corrected chi connectivity index (χ0v) is 15.2. The molecular formula is C15H22IN5. The molecule has 0 amide bonds. The minimum Gasteiger partial charge on any atom is -0.369 e. The molecule has 0 radical (unpaired) electrons. The van der Waals surface area contributed by atoms with Crippen LogP contribution in [-0.2, 0) is 6.54 Å². The number of hydrogen-bond acceptors (Lipinski definition) is 4. The summed E-state index contributed by atoms with van der Waals surface area (Å²) in [6.45, 7) is 10.3. The van der Waals surface area contributed by atoms with Crippen molar-refractivity contribution >= 4 is 28.4 Å². The Morgan fingerprint density at radius 2 is 2.05 bits per heavy atom. The molecule has 0 atom stereocenters. The molecule has 0 aliphatic heterocycles. The van der Waals surface area contributed by atoms with Crippen molar-refractivity contribution in [1.29, 1.82) is 0 Å². The van der Waals surface area contributed by atoms with E-state index in [-0.39, 0.29) is 0 Å². The maximum absolute atomic E-state index is 4.75. The molecule has 0 aromatic carbocycles. The summed E-state index contributed by atoms with van der Waals surface area (Å²) in [5, 5.41) is 7.72. The molecule has 2 rings (SSSR count). The van der Waals surface area contributed by atoms with Crippen molar-refractivity contribution in [2.24, 2.45) is 0 Å². The highest BCUT2D eigenvalue weighted by Gasteiger charge is 2.16. The van der Waals surface area contributed by atoms with Gasteiger partial charge in [0.15, 0.2) is 5.82 Å². The molecule has 0 saturated carbocycles. The summed E-state index contributed by atoms with van der Waals surface area (Å²) in [6.07, 6.45) is 4.90. The predicted octanol–water partition coefficient (Wildman–Crippen LogP) is 3.91. The lowest BCUT2D eigenvalue weighted by Gasteiger charge is -2.14. The van der Waals surface area contributed by atoms with Crippen LogP contribution in [0, 0.1) is 3.57 Å². The highest BCUT2D eigenvalue weighted by molar-refractivity contribution is 14.1. The third kappa shape index (κ3) is 3.72. The van der Waals surface area contributed by atoms with Gasteiger partial charge in [0.05, 0.1) is 21.0 Å². The highest BCUT2D eigenvalue weighted by atomic mass is 127. The summed E-state index contributed by atoms with van der Waals surface area (Å²) in [4.78, 5) is 9.43. The average molecular weight is 399 g/mol. The fourth-order valence-corrected chi connectivity index (χ4v) is 3.04. The van der Waals surface area contributed by atoms with E-state index < -0.39 is 0 Å². The van der Waals surface area contributed by atoms with Gasteiger partial charge in [-0.2, -0.15) is 5.10 Å². The molecule has 0 bridgehead atoms. The van der Waals surface area contributed by atoms with Gasteiger partial charge in [-0.25, -0.2) is 9.97 Å². The van der Waals surface area contributed by atoms with Crippen LogP contribution in [0.2, 0.25) is 0 Å². The summed E-state index contributed by atoms with van der Waals surface area (Å²) in [6, 6.07) is 0. The van der Waals surface area contributed by atoms with Gasteiger partial charge in [0.25, 0.3) is 0 Å². The van der Waals surface area contributed by atoms with Crippen molar-refractivity contribution in [3.63, 3.8) is 0 Å². The number of nitrogens with zero attached hydrogens (tertiary/aromatic N) is 4. The lowest BCUT2D eigenvalue weighted by atomic mass is 10.1. The monoisotopic (exact) mass is 399 g/mol. The van der Waals surface area contributed by atoms with E-state index in [9.17, 15) is 0 Å². The SMILES string of the molecule is CCCNc1nc(-c2cnn(CC)c2)nc(C(C)C)c1I. The zero-order valence-electron chi connectivity index (χ0n) is 13.0. The Morgan fingerprint density at radius 1 is 1.29 bits per heavy atom.